The van der Waals surface area contributed by atoms with E-state index in [1.165, 1.54) is 0 Å². The highest BCUT2D eigenvalue weighted by molar-refractivity contribution is 5.43. The van der Waals surface area contributed by atoms with Gasteiger partial charge in [0.15, 0.2) is 0 Å². The summed E-state index contributed by atoms with van der Waals surface area (Å²) in [5.41, 5.74) is 7.14. The van der Waals surface area contributed by atoms with Crippen LogP contribution in [-0.4, -0.2) is 24.8 Å². The van der Waals surface area contributed by atoms with Crippen molar-refractivity contribution in [1.82, 2.24) is 4.98 Å². The molecule has 0 aliphatic rings. The number of nitrogen functional groups attached to an aromatic ring is 1. The molecule has 16 heavy (non-hydrogen) atoms. The molecule has 0 aliphatic carbocycles. The number of aromatic nitrogens is 1. The summed E-state index contributed by atoms with van der Waals surface area (Å²) in [7, 11) is 0. The number of aryl methyl sites for hydroxylation is 1. The number of unbranched alkanes of at least 4 members (excludes halogenated alkanes) is 1. The number of hydrogen-bond donors (Lipinski definition) is 1. The number of nitrogens with zero attached hydrogens (tertiary/aromatic N) is 1. The minimum atomic E-state index is 0.528. The molecule has 4 nitrogen and oxygen atoms in total. The van der Waals surface area contributed by atoms with E-state index in [-0.39, 0.29) is 0 Å². The molecule has 4 heteroatoms. The van der Waals surface area contributed by atoms with E-state index in [0.717, 1.165) is 25.1 Å². The molecule has 0 bridgehead atoms. The summed E-state index contributed by atoms with van der Waals surface area (Å²) in [5, 5.41) is 0. The normalized spacial score (nSPS) is 10.4. The lowest BCUT2D eigenvalue weighted by Gasteiger charge is -2.07. The molecular formula is C12H20N2O2. The van der Waals surface area contributed by atoms with Crippen LogP contribution in [0.15, 0.2) is 12.1 Å². The predicted octanol–water partition coefficient (Wildman–Crippen LogP) is 2.17. The van der Waals surface area contributed by atoms with E-state index >= 15 is 0 Å². The van der Waals surface area contributed by atoms with Crippen molar-refractivity contribution in [3.05, 3.63) is 17.8 Å². The molecule has 0 saturated carbocycles. The van der Waals surface area contributed by atoms with Crippen LogP contribution >= 0.6 is 0 Å². The average Bonchev–Trinajstić information content (AvgIpc) is 2.28. The maximum absolute atomic E-state index is 5.66. The first-order chi connectivity index (χ1) is 7.74. The van der Waals surface area contributed by atoms with E-state index in [2.05, 4.69) is 11.9 Å². The summed E-state index contributed by atoms with van der Waals surface area (Å²) in [5.74, 6) is 0.603. The monoisotopic (exact) mass is 224 g/mol. The van der Waals surface area contributed by atoms with E-state index in [4.69, 9.17) is 15.2 Å². The van der Waals surface area contributed by atoms with Crippen LogP contribution in [0.1, 0.15) is 25.5 Å². The molecule has 1 aromatic heterocycles. The second-order valence-electron chi connectivity index (χ2n) is 3.64. The third-order valence-electron chi connectivity index (χ3n) is 2.22. The maximum Gasteiger partial charge on any atom is 0.213 e. The second kappa shape index (κ2) is 7.06. The molecule has 0 atom stereocenters. The smallest absolute Gasteiger partial charge is 0.213 e. The van der Waals surface area contributed by atoms with Gasteiger partial charge >= 0.3 is 0 Å². The molecule has 0 aromatic carbocycles. The number of anilines is 1. The van der Waals surface area contributed by atoms with E-state index in [0.29, 0.717) is 24.8 Å². The Labute approximate surface area is 96.8 Å². The SMILES string of the molecule is CCCCOCCOc1ccc(N)c(C)n1. The molecule has 0 fully saturated rings. The van der Waals surface area contributed by atoms with E-state index in [1.807, 2.05) is 6.92 Å². The van der Waals surface area contributed by atoms with Gasteiger partial charge in [0.05, 0.1) is 18.0 Å². The summed E-state index contributed by atoms with van der Waals surface area (Å²) in [4.78, 5) is 4.20. The first-order valence-electron chi connectivity index (χ1n) is 5.67. The summed E-state index contributed by atoms with van der Waals surface area (Å²) < 4.78 is 10.8. The van der Waals surface area contributed by atoms with Gasteiger partial charge in [0.2, 0.25) is 5.88 Å². The van der Waals surface area contributed by atoms with Gasteiger partial charge in [0.25, 0.3) is 0 Å². The van der Waals surface area contributed by atoms with Gasteiger partial charge in [-0.3, -0.25) is 0 Å². The standard InChI is InChI=1S/C12H20N2O2/c1-3-4-7-15-8-9-16-12-6-5-11(13)10(2)14-12/h5-6H,3-4,7-9,13H2,1-2H3. The lowest BCUT2D eigenvalue weighted by Crippen LogP contribution is -2.08. The van der Waals surface area contributed by atoms with Gasteiger partial charge in [-0.25, -0.2) is 4.98 Å². The van der Waals surface area contributed by atoms with Crippen molar-refractivity contribution in [3.63, 3.8) is 0 Å². The Bertz CT molecular complexity index is 316. The fraction of sp³-hybridized carbons (Fsp3) is 0.583. The Morgan fingerprint density at radius 2 is 2.06 bits per heavy atom. The topological polar surface area (TPSA) is 57.4 Å². The first kappa shape index (κ1) is 12.8. The number of hydrogen-bond acceptors (Lipinski definition) is 4. The van der Waals surface area contributed by atoms with Crippen LogP contribution < -0.4 is 10.5 Å². The lowest BCUT2D eigenvalue weighted by atomic mass is 10.3. The van der Waals surface area contributed by atoms with Crippen LogP contribution in [0.5, 0.6) is 5.88 Å². The molecule has 0 radical (unpaired) electrons. The van der Waals surface area contributed by atoms with Crippen LogP contribution in [0.2, 0.25) is 0 Å². The number of nitrogens with two attached hydrogens (primary N) is 1. The average molecular weight is 224 g/mol. The summed E-state index contributed by atoms with van der Waals surface area (Å²) >= 11 is 0. The number of pyridine rings is 1. The Morgan fingerprint density at radius 1 is 1.25 bits per heavy atom. The highest BCUT2D eigenvalue weighted by Gasteiger charge is 1.99. The van der Waals surface area contributed by atoms with Gasteiger partial charge in [-0.2, -0.15) is 0 Å². The van der Waals surface area contributed by atoms with Crippen molar-refractivity contribution in [3.8, 4) is 5.88 Å². The van der Waals surface area contributed by atoms with Gasteiger partial charge in [-0.1, -0.05) is 13.3 Å². The molecule has 1 rings (SSSR count). The Morgan fingerprint density at radius 3 is 2.75 bits per heavy atom. The third kappa shape index (κ3) is 4.49. The Kier molecular flexibility index (Phi) is 5.64. The number of rotatable bonds is 7. The van der Waals surface area contributed by atoms with Crippen LogP contribution in [-0.2, 0) is 4.74 Å². The maximum atomic E-state index is 5.66. The highest BCUT2D eigenvalue weighted by atomic mass is 16.5. The van der Waals surface area contributed by atoms with Gasteiger partial charge in [-0.05, 0) is 19.4 Å². The molecule has 0 amide bonds. The minimum absolute atomic E-state index is 0.528. The van der Waals surface area contributed by atoms with Gasteiger partial charge < -0.3 is 15.2 Å². The Hall–Kier alpha value is -1.29. The van der Waals surface area contributed by atoms with Crippen molar-refractivity contribution in [1.29, 1.82) is 0 Å². The fourth-order valence-corrected chi connectivity index (χ4v) is 1.18. The van der Waals surface area contributed by atoms with Crippen molar-refractivity contribution < 1.29 is 9.47 Å². The molecule has 0 saturated heterocycles. The molecule has 1 heterocycles. The predicted molar refractivity (Wildman–Crippen MR) is 64.6 cm³/mol. The Balaban J connectivity index is 2.19. The molecular weight excluding hydrogens is 204 g/mol. The molecule has 2 N–H and O–H groups in total. The second-order valence-corrected chi connectivity index (χ2v) is 3.64. The summed E-state index contributed by atoms with van der Waals surface area (Å²) in [6.45, 7) is 5.93. The molecule has 0 aliphatic heterocycles. The van der Waals surface area contributed by atoms with Gasteiger partial charge in [-0.15, -0.1) is 0 Å². The van der Waals surface area contributed by atoms with Crippen LogP contribution in [0.3, 0.4) is 0 Å². The van der Waals surface area contributed by atoms with Crippen LogP contribution in [0.4, 0.5) is 5.69 Å². The zero-order valence-corrected chi connectivity index (χ0v) is 10.0. The van der Waals surface area contributed by atoms with Crippen molar-refractivity contribution in [2.24, 2.45) is 0 Å². The van der Waals surface area contributed by atoms with Crippen LogP contribution in [0, 0.1) is 6.92 Å². The molecule has 1 aromatic rings. The van der Waals surface area contributed by atoms with Gasteiger partial charge in [0, 0.05) is 12.7 Å². The van der Waals surface area contributed by atoms with E-state index in [1.54, 1.807) is 12.1 Å². The largest absolute Gasteiger partial charge is 0.475 e. The first-order valence-corrected chi connectivity index (χ1v) is 5.67. The molecule has 90 valence electrons. The summed E-state index contributed by atoms with van der Waals surface area (Å²) in [6.07, 6.45) is 2.25. The van der Waals surface area contributed by atoms with Crippen molar-refractivity contribution in [2.45, 2.75) is 26.7 Å². The number of ether oxygens (including phenoxy) is 2. The lowest BCUT2D eigenvalue weighted by molar-refractivity contribution is 0.0965. The van der Waals surface area contributed by atoms with Crippen molar-refractivity contribution >= 4 is 5.69 Å². The zero-order chi connectivity index (χ0) is 11.8. The van der Waals surface area contributed by atoms with Gasteiger partial charge in [0.1, 0.15) is 6.61 Å². The quantitative estimate of drug-likeness (QED) is 0.721. The minimum Gasteiger partial charge on any atom is -0.475 e. The molecule has 0 unspecified atom stereocenters. The zero-order valence-electron chi connectivity index (χ0n) is 10.0. The van der Waals surface area contributed by atoms with E-state index < -0.39 is 0 Å². The van der Waals surface area contributed by atoms with E-state index in [9.17, 15) is 0 Å². The highest BCUT2D eigenvalue weighted by Crippen LogP contribution is 2.13. The molecule has 0 spiro atoms. The van der Waals surface area contributed by atoms with Crippen molar-refractivity contribution in [2.75, 3.05) is 25.6 Å². The van der Waals surface area contributed by atoms with Crippen LogP contribution in [0.25, 0.3) is 0 Å². The third-order valence-corrected chi connectivity index (χ3v) is 2.22. The summed E-state index contributed by atoms with van der Waals surface area (Å²) in [6, 6.07) is 3.57. The fourth-order valence-electron chi connectivity index (χ4n) is 1.18.